The van der Waals surface area contributed by atoms with E-state index in [-0.39, 0.29) is 0 Å². The van der Waals surface area contributed by atoms with Gasteiger partial charge in [-0.25, -0.2) is 0 Å². The number of fused-ring (bicyclic) bond motifs is 5. The second-order valence-electron chi connectivity index (χ2n) is 10.3. The second-order valence-corrected chi connectivity index (χ2v) is 10.3. The first-order valence-corrected chi connectivity index (χ1v) is 10.6. The smallest absolute Gasteiger partial charge is 0.0584 e. The molecule has 0 N–H and O–H groups in total. The summed E-state index contributed by atoms with van der Waals surface area (Å²) in [5, 5.41) is 0. The van der Waals surface area contributed by atoms with Crippen molar-refractivity contribution in [2.75, 3.05) is 0 Å². The molecule has 4 rings (SSSR count). The third-order valence-electron chi connectivity index (χ3n) is 8.82. The summed E-state index contributed by atoms with van der Waals surface area (Å²) in [6, 6.07) is 0. The average Bonchev–Trinajstić information content (AvgIpc) is 2.87. The number of rotatable bonds is 2. The maximum Gasteiger partial charge on any atom is 0.0584 e. The zero-order valence-corrected chi connectivity index (χ0v) is 15.9. The minimum absolute atomic E-state index is 0.393. The number of hydrogen-bond donors (Lipinski definition) is 0. The molecule has 7 atom stereocenters. The summed E-state index contributed by atoms with van der Waals surface area (Å²) < 4.78 is 6.29. The number of hydrogen-bond acceptors (Lipinski definition) is 1. The van der Waals surface area contributed by atoms with Gasteiger partial charge in [0.15, 0.2) is 0 Å². The molecule has 1 heteroatoms. The molecule has 0 bridgehead atoms. The van der Waals surface area contributed by atoms with E-state index in [9.17, 15) is 0 Å². The van der Waals surface area contributed by atoms with E-state index in [1.54, 1.807) is 6.42 Å². The average molecular weight is 319 g/mol. The van der Waals surface area contributed by atoms with Crippen LogP contribution in [-0.2, 0) is 4.74 Å². The Morgan fingerprint density at radius 3 is 2.43 bits per heavy atom. The first-order chi connectivity index (χ1) is 10.9. The lowest BCUT2D eigenvalue weighted by Gasteiger charge is -2.60. The Morgan fingerprint density at radius 2 is 1.65 bits per heavy atom. The molecule has 4 fully saturated rings. The van der Waals surface area contributed by atoms with Crippen LogP contribution in [0.2, 0.25) is 0 Å². The molecule has 7 unspecified atom stereocenters. The lowest BCUT2D eigenvalue weighted by molar-refractivity contribution is -0.142. The van der Waals surface area contributed by atoms with Crippen LogP contribution in [0, 0.1) is 34.5 Å². The molecular formula is C22H38O. The Kier molecular flexibility index (Phi) is 4.11. The van der Waals surface area contributed by atoms with Crippen molar-refractivity contribution in [1.29, 1.82) is 0 Å². The quantitative estimate of drug-likeness (QED) is 0.588. The Hall–Kier alpha value is -0.0400. The molecule has 4 aliphatic carbocycles. The van der Waals surface area contributed by atoms with E-state index in [0.29, 0.717) is 23.0 Å². The van der Waals surface area contributed by atoms with Crippen LogP contribution in [0.1, 0.15) is 91.9 Å². The summed E-state index contributed by atoms with van der Waals surface area (Å²) in [6.07, 6.45) is 15.6. The molecule has 0 aromatic heterocycles. The predicted octanol–water partition coefficient (Wildman–Crippen LogP) is 6.21. The van der Waals surface area contributed by atoms with Gasteiger partial charge in [0, 0.05) is 0 Å². The molecule has 4 aliphatic rings. The predicted molar refractivity (Wildman–Crippen MR) is 96.4 cm³/mol. The monoisotopic (exact) mass is 318 g/mol. The zero-order chi connectivity index (χ0) is 16.2. The van der Waals surface area contributed by atoms with Crippen LogP contribution in [0.3, 0.4) is 0 Å². The van der Waals surface area contributed by atoms with E-state index >= 15 is 0 Å². The summed E-state index contributed by atoms with van der Waals surface area (Å²) in [7, 11) is 0. The molecule has 132 valence electrons. The van der Waals surface area contributed by atoms with Crippen LogP contribution >= 0.6 is 0 Å². The lowest BCUT2D eigenvalue weighted by Crippen LogP contribution is -2.53. The van der Waals surface area contributed by atoms with Crippen molar-refractivity contribution in [1.82, 2.24) is 0 Å². The zero-order valence-electron chi connectivity index (χ0n) is 15.9. The molecule has 0 radical (unpaired) electrons. The topological polar surface area (TPSA) is 9.23 Å². The Bertz CT molecular complexity index is 443. The van der Waals surface area contributed by atoms with Gasteiger partial charge in [0.2, 0.25) is 0 Å². The van der Waals surface area contributed by atoms with Crippen LogP contribution < -0.4 is 0 Å². The maximum absolute atomic E-state index is 6.29. The normalized spacial score (nSPS) is 52.8. The molecule has 0 amide bonds. The van der Waals surface area contributed by atoms with Crippen LogP contribution in [-0.4, -0.2) is 12.2 Å². The highest BCUT2D eigenvalue weighted by Crippen LogP contribution is 2.66. The molecule has 0 aromatic carbocycles. The van der Waals surface area contributed by atoms with E-state index in [4.69, 9.17) is 4.74 Å². The van der Waals surface area contributed by atoms with Gasteiger partial charge in [0.25, 0.3) is 0 Å². The third kappa shape index (κ3) is 2.60. The van der Waals surface area contributed by atoms with Crippen molar-refractivity contribution < 1.29 is 4.74 Å². The van der Waals surface area contributed by atoms with Crippen LogP contribution in [0.15, 0.2) is 0 Å². The van der Waals surface area contributed by atoms with Gasteiger partial charge in [-0.2, -0.15) is 0 Å². The van der Waals surface area contributed by atoms with Crippen molar-refractivity contribution in [3.63, 3.8) is 0 Å². The number of ether oxygens (including phenoxy) is 1. The molecule has 1 nitrogen and oxygen atoms in total. The Balaban J connectivity index is 1.56. The molecule has 0 aliphatic heterocycles. The highest BCUT2D eigenvalue weighted by molar-refractivity contribution is 5.07. The first kappa shape index (κ1) is 16.4. The van der Waals surface area contributed by atoms with Crippen molar-refractivity contribution in [3.8, 4) is 0 Å². The standard InChI is InChI=1S/C22H38O/c1-15(2)23-17-9-7-16-8-10-18-19-6-5-12-21(19,3)13-11-20(18)22(16,4)14-17/h15-20H,5-14H2,1-4H3. The Labute approximate surface area is 143 Å². The first-order valence-electron chi connectivity index (χ1n) is 10.6. The highest BCUT2D eigenvalue weighted by atomic mass is 16.5. The fourth-order valence-corrected chi connectivity index (χ4v) is 7.80. The van der Waals surface area contributed by atoms with Crippen molar-refractivity contribution in [2.24, 2.45) is 34.5 Å². The van der Waals surface area contributed by atoms with Gasteiger partial charge in [-0.05, 0) is 106 Å². The van der Waals surface area contributed by atoms with Gasteiger partial charge in [-0.1, -0.05) is 20.3 Å². The van der Waals surface area contributed by atoms with Gasteiger partial charge in [0.1, 0.15) is 0 Å². The van der Waals surface area contributed by atoms with E-state index in [0.717, 1.165) is 23.7 Å². The summed E-state index contributed by atoms with van der Waals surface area (Å²) in [6.45, 7) is 9.72. The van der Waals surface area contributed by atoms with Crippen LogP contribution in [0.4, 0.5) is 0 Å². The minimum Gasteiger partial charge on any atom is -0.376 e. The molecule has 0 saturated heterocycles. The second kappa shape index (κ2) is 5.75. The minimum atomic E-state index is 0.393. The van der Waals surface area contributed by atoms with E-state index in [1.807, 2.05) is 0 Å². The van der Waals surface area contributed by atoms with Gasteiger partial charge in [-0.15, -0.1) is 0 Å². The lowest BCUT2D eigenvalue weighted by atomic mass is 9.45. The van der Waals surface area contributed by atoms with Crippen molar-refractivity contribution >= 4 is 0 Å². The molecule has 0 aromatic rings. The summed E-state index contributed by atoms with van der Waals surface area (Å²) in [5.74, 6) is 4.07. The van der Waals surface area contributed by atoms with Gasteiger partial charge < -0.3 is 4.74 Å². The van der Waals surface area contributed by atoms with Gasteiger partial charge in [-0.3, -0.25) is 0 Å². The summed E-state index contributed by atoms with van der Waals surface area (Å²) in [4.78, 5) is 0. The van der Waals surface area contributed by atoms with E-state index < -0.39 is 0 Å². The van der Waals surface area contributed by atoms with E-state index in [1.165, 1.54) is 57.8 Å². The third-order valence-corrected chi connectivity index (χ3v) is 8.82. The van der Waals surface area contributed by atoms with E-state index in [2.05, 4.69) is 27.7 Å². The maximum atomic E-state index is 6.29. The van der Waals surface area contributed by atoms with Crippen molar-refractivity contribution in [3.05, 3.63) is 0 Å². The molecule has 0 spiro atoms. The fraction of sp³-hybridized carbons (Fsp3) is 1.00. The highest BCUT2D eigenvalue weighted by Gasteiger charge is 2.58. The van der Waals surface area contributed by atoms with Crippen LogP contribution in [0.5, 0.6) is 0 Å². The van der Waals surface area contributed by atoms with Crippen LogP contribution in [0.25, 0.3) is 0 Å². The van der Waals surface area contributed by atoms with Crippen molar-refractivity contribution in [2.45, 2.75) is 104 Å². The summed E-state index contributed by atoms with van der Waals surface area (Å²) >= 11 is 0. The van der Waals surface area contributed by atoms with Gasteiger partial charge >= 0.3 is 0 Å². The Morgan fingerprint density at radius 1 is 0.870 bits per heavy atom. The molecule has 0 heterocycles. The molecule has 4 saturated carbocycles. The largest absolute Gasteiger partial charge is 0.376 e. The van der Waals surface area contributed by atoms with Gasteiger partial charge in [0.05, 0.1) is 12.2 Å². The molecule has 23 heavy (non-hydrogen) atoms. The summed E-state index contributed by atoms with van der Waals surface area (Å²) in [5.41, 5.74) is 1.28. The fourth-order valence-electron chi connectivity index (χ4n) is 7.80. The molecular weight excluding hydrogens is 280 g/mol. The SMILES string of the molecule is CC(C)OC1CCC2CCC3C4CCCC4(C)CCC3C2(C)C1.